The van der Waals surface area contributed by atoms with E-state index in [1.54, 1.807) is 12.4 Å². The van der Waals surface area contributed by atoms with Crippen LogP contribution < -0.4 is 0 Å². The number of hydrogen-bond donors (Lipinski definition) is 0. The maximum Gasteiger partial charge on any atom is 0.237 e. The molecule has 13 heavy (non-hydrogen) atoms. The molecule has 2 heteroatoms. The van der Waals surface area contributed by atoms with Gasteiger partial charge in [-0.3, -0.25) is 9.59 Å². The fourth-order valence-electron chi connectivity index (χ4n) is 1.43. The van der Waals surface area contributed by atoms with Crippen LogP contribution in [0.5, 0.6) is 0 Å². The van der Waals surface area contributed by atoms with E-state index in [1.165, 1.54) is 0 Å². The quantitative estimate of drug-likeness (QED) is 0.597. The van der Waals surface area contributed by atoms with Crippen molar-refractivity contribution in [1.82, 2.24) is 0 Å². The maximum absolute atomic E-state index is 11.3. The Balaban J connectivity index is 2.56. The fraction of sp³-hybridized carbons (Fsp3) is 0.0909. The van der Waals surface area contributed by atoms with E-state index in [1.807, 2.05) is 24.3 Å². The summed E-state index contributed by atoms with van der Waals surface area (Å²) in [7, 11) is 0. The molecular weight excluding hydrogens is 164 g/mol. The maximum atomic E-state index is 11.3. The Labute approximate surface area is 75.9 Å². The molecule has 0 saturated heterocycles. The summed E-state index contributed by atoms with van der Waals surface area (Å²) < 4.78 is 0. The Kier molecular flexibility index (Phi) is 1.81. The first-order chi connectivity index (χ1) is 6.31. The fourth-order valence-corrected chi connectivity index (χ4v) is 1.43. The second-order valence-corrected chi connectivity index (χ2v) is 2.96. The number of ketones is 1. The first-order valence-electron chi connectivity index (χ1n) is 4.02. The predicted octanol–water partition coefficient (Wildman–Crippen LogP) is 1.30. The van der Waals surface area contributed by atoms with Crippen molar-refractivity contribution in [2.75, 3.05) is 0 Å². The van der Waals surface area contributed by atoms with Gasteiger partial charge in [-0.25, -0.2) is 0 Å². The molecule has 0 heterocycles. The average Bonchev–Trinajstić information content (AvgIpc) is 2.17. The Morgan fingerprint density at radius 1 is 1.23 bits per heavy atom. The van der Waals surface area contributed by atoms with E-state index >= 15 is 0 Å². The molecule has 0 bridgehead atoms. The summed E-state index contributed by atoms with van der Waals surface area (Å²) in [6.45, 7) is 0. The minimum atomic E-state index is -0.145. The summed E-state index contributed by atoms with van der Waals surface area (Å²) in [5.74, 6) is -0.145. The molecule has 0 saturated carbocycles. The summed E-state index contributed by atoms with van der Waals surface area (Å²) in [5.41, 5.74) is 2.07. The van der Waals surface area contributed by atoms with Gasteiger partial charge in [-0.2, -0.15) is 0 Å². The van der Waals surface area contributed by atoms with Gasteiger partial charge in [0, 0.05) is 6.42 Å². The van der Waals surface area contributed by atoms with E-state index < -0.39 is 0 Å². The largest absolute Gasteiger partial charge is 0.294 e. The normalized spacial score (nSPS) is 14.8. The molecule has 1 aromatic carbocycles. The molecule has 0 unspecified atom stereocenters. The molecule has 1 aromatic rings. The summed E-state index contributed by atoms with van der Waals surface area (Å²) in [6, 6.07) is 7.55. The van der Waals surface area contributed by atoms with E-state index in [9.17, 15) is 9.59 Å². The zero-order chi connectivity index (χ0) is 9.26. The highest BCUT2D eigenvalue weighted by Gasteiger charge is 2.17. The third-order valence-corrected chi connectivity index (χ3v) is 2.12. The molecule has 63 valence electrons. The van der Waals surface area contributed by atoms with Crippen molar-refractivity contribution in [3.8, 4) is 0 Å². The first kappa shape index (κ1) is 7.92. The topological polar surface area (TPSA) is 34.1 Å². The molecule has 0 fully saturated rings. The van der Waals surface area contributed by atoms with Gasteiger partial charge in [0.2, 0.25) is 6.29 Å². The summed E-state index contributed by atoms with van der Waals surface area (Å²) in [4.78, 5) is 21.6. The predicted molar refractivity (Wildman–Crippen MR) is 48.8 cm³/mol. The molecule has 0 atom stereocenters. The van der Waals surface area contributed by atoms with Crippen LogP contribution in [-0.4, -0.2) is 12.1 Å². The Morgan fingerprint density at radius 2 is 2.00 bits per heavy atom. The molecule has 0 amide bonds. The van der Waals surface area contributed by atoms with Crippen molar-refractivity contribution in [3.63, 3.8) is 0 Å². The molecule has 0 spiro atoms. The van der Waals surface area contributed by atoms with Crippen LogP contribution in [0.25, 0.3) is 6.08 Å². The SMILES string of the molecule is O=[C]C1=Cc2ccccc2CC1=O. The Bertz CT molecular complexity index is 402. The molecule has 0 aromatic heterocycles. The van der Waals surface area contributed by atoms with Crippen LogP contribution in [0.4, 0.5) is 0 Å². The lowest BCUT2D eigenvalue weighted by Gasteiger charge is -2.10. The van der Waals surface area contributed by atoms with Crippen molar-refractivity contribution in [2.24, 2.45) is 0 Å². The van der Waals surface area contributed by atoms with Gasteiger partial charge in [-0.15, -0.1) is 0 Å². The van der Waals surface area contributed by atoms with Crippen molar-refractivity contribution in [3.05, 3.63) is 41.0 Å². The molecule has 1 aliphatic rings. The average molecular weight is 171 g/mol. The number of benzene rings is 1. The van der Waals surface area contributed by atoms with E-state index in [0.29, 0.717) is 6.42 Å². The van der Waals surface area contributed by atoms with Gasteiger partial charge in [-0.05, 0) is 17.2 Å². The van der Waals surface area contributed by atoms with E-state index in [0.717, 1.165) is 11.1 Å². The summed E-state index contributed by atoms with van der Waals surface area (Å²) in [5, 5.41) is 0. The second-order valence-electron chi connectivity index (χ2n) is 2.96. The molecule has 1 radical (unpaired) electrons. The van der Waals surface area contributed by atoms with Crippen LogP contribution >= 0.6 is 0 Å². The highest BCUT2D eigenvalue weighted by Crippen LogP contribution is 2.19. The van der Waals surface area contributed by atoms with Crippen LogP contribution in [0.2, 0.25) is 0 Å². The smallest absolute Gasteiger partial charge is 0.237 e. The van der Waals surface area contributed by atoms with E-state index in [-0.39, 0.29) is 11.4 Å². The number of hydrogen-bond acceptors (Lipinski definition) is 2. The van der Waals surface area contributed by atoms with Crippen molar-refractivity contribution in [1.29, 1.82) is 0 Å². The minimum Gasteiger partial charge on any atom is -0.294 e. The standard InChI is InChI=1S/C11H7O2/c12-7-10-5-8-3-1-2-4-9(8)6-11(10)13/h1-5H,6H2. The van der Waals surface area contributed by atoms with Gasteiger partial charge in [0.1, 0.15) is 0 Å². The zero-order valence-corrected chi connectivity index (χ0v) is 6.91. The number of Topliss-reactive ketones (excluding diaryl/α,β-unsaturated/α-hetero) is 1. The lowest BCUT2D eigenvalue weighted by Crippen LogP contribution is -2.12. The molecular formula is C11H7O2. The molecule has 2 rings (SSSR count). The number of allylic oxidation sites excluding steroid dienone is 1. The lowest BCUT2D eigenvalue weighted by atomic mass is 9.92. The lowest BCUT2D eigenvalue weighted by molar-refractivity contribution is -0.114. The third kappa shape index (κ3) is 1.31. The first-order valence-corrected chi connectivity index (χ1v) is 4.02. The van der Waals surface area contributed by atoms with Crippen LogP contribution in [0.15, 0.2) is 29.8 Å². The third-order valence-electron chi connectivity index (χ3n) is 2.12. The molecule has 1 aliphatic carbocycles. The highest BCUT2D eigenvalue weighted by atomic mass is 16.1. The van der Waals surface area contributed by atoms with Gasteiger partial charge >= 0.3 is 0 Å². The monoisotopic (exact) mass is 171 g/mol. The van der Waals surface area contributed by atoms with Crippen molar-refractivity contribution in [2.45, 2.75) is 6.42 Å². The molecule has 0 N–H and O–H groups in total. The second kappa shape index (κ2) is 2.98. The van der Waals surface area contributed by atoms with Gasteiger partial charge < -0.3 is 0 Å². The number of carbonyl (C=O) groups is 1. The minimum absolute atomic E-state index is 0.145. The van der Waals surface area contributed by atoms with Crippen molar-refractivity contribution >= 4 is 18.1 Å². The van der Waals surface area contributed by atoms with E-state index in [2.05, 4.69) is 0 Å². The van der Waals surface area contributed by atoms with Crippen LogP contribution in [0.3, 0.4) is 0 Å². The molecule has 0 aliphatic heterocycles. The van der Waals surface area contributed by atoms with Crippen LogP contribution in [0, 0.1) is 0 Å². The van der Waals surface area contributed by atoms with E-state index in [4.69, 9.17) is 0 Å². The number of carbonyl (C=O) groups excluding carboxylic acids is 2. The highest BCUT2D eigenvalue weighted by molar-refractivity contribution is 6.18. The molecule has 2 nitrogen and oxygen atoms in total. The Morgan fingerprint density at radius 3 is 2.77 bits per heavy atom. The zero-order valence-electron chi connectivity index (χ0n) is 6.91. The summed E-state index contributed by atoms with van der Waals surface area (Å²) >= 11 is 0. The van der Waals surface area contributed by atoms with Gasteiger partial charge in [-0.1, -0.05) is 24.3 Å². The van der Waals surface area contributed by atoms with Crippen LogP contribution in [0.1, 0.15) is 11.1 Å². The van der Waals surface area contributed by atoms with Crippen molar-refractivity contribution < 1.29 is 9.59 Å². The van der Waals surface area contributed by atoms with Gasteiger partial charge in [0.15, 0.2) is 5.78 Å². The van der Waals surface area contributed by atoms with Gasteiger partial charge in [0.25, 0.3) is 0 Å². The summed E-state index contributed by atoms with van der Waals surface area (Å²) in [6.07, 6.45) is 3.56. The number of fused-ring (bicyclic) bond motifs is 1. The van der Waals surface area contributed by atoms with Gasteiger partial charge in [0.05, 0.1) is 5.57 Å². The van der Waals surface area contributed by atoms with Crippen LogP contribution in [-0.2, 0) is 16.0 Å². The Hall–Kier alpha value is -1.70. The number of rotatable bonds is 1.